The first kappa shape index (κ1) is 16.9. The second kappa shape index (κ2) is 7.71. The van der Waals surface area contributed by atoms with E-state index in [0.717, 1.165) is 0 Å². The Morgan fingerprint density at radius 2 is 1.87 bits per heavy atom. The van der Waals surface area contributed by atoms with Crippen molar-refractivity contribution >= 4 is 17.7 Å². The molecule has 1 fully saturated rings. The number of carbonyl (C=O) groups excluding carboxylic acids is 3. The van der Waals surface area contributed by atoms with Gasteiger partial charge in [0.15, 0.2) is 0 Å². The smallest absolute Gasteiger partial charge is 0.251 e. The Morgan fingerprint density at radius 3 is 2.48 bits per heavy atom. The summed E-state index contributed by atoms with van der Waals surface area (Å²) in [6, 6.07) is 5.22. The van der Waals surface area contributed by atoms with Crippen LogP contribution in [0.25, 0.3) is 0 Å². The molecule has 124 valence electrons. The maximum Gasteiger partial charge on any atom is 0.251 e. The molecular weight excluding hydrogens is 301 g/mol. The van der Waals surface area contributed by atoms with Crippen molar-refractivity contribution in [3.8, 4) is 0 Å². The second-order valence-corrected chi connectivity index (χ2v) is 5.39. The lowest BCUT2D eigenvalue weighted by atomic mass is 10.1. The maximum absolute atomic E-state index is 12.8. The van der Waals surface area contributed by atoms with Gasteiger partial charge in [0.25, 0.3) is 5.91 Å². The van der Waals surface area contributed by atoms with Gasteiger partial charge in [-0.25, -0.2) is 4.39 Å². The van der Waals surface area contributed by atoms with Crippen LogP contribution in [0.1, 0.15) is 23.7 Å². The number of benzene rings is 1. The van der Waals surface area contributed by atoms with Crippen LogP contribution in [-0.2, 0) is 9.59 Å². The number of amides is 3. The largest absolute Gasteiger partial charge is 0.354 e. The van der Waals surface area contributed by atoms with Crippen molar-refractivity contribution in [3.05, 3.63) is 35.6 Å². The van der Waals surface area contributed by atoms with Gasteiger partial charge in [-0.05, 0) is 31.2 Å². The number of carbonyl (C=O) groups is 3. The number of nitrogens with zero attached hydrogens (tertiary/aromatic N) is 1. The molecule has 1 aliphatic heterocycles. The molecule has 1 aromatic rings. The third kappa shape index (κ3) is 4.51. The summed E-state index contributed by atoms with van der Waals surface area (Å²) in [5, 5.41) is 5.35. The molecule has 0 saturated carbocycles. The lowest BCUT2D eigenvalue weighted by Crippen LogP contribution is -2.38. The van der Waals surface area contributed by atoms with Gasteiger partial charge in [-0.15, -0.1) is 0 Å². The number of hydrogen-bond donors (Lipinski definition) is 2. The molecule has 1 saturated heterocycles. The summed E-state index contributed by atoms with van der Waals surface area (Å²) < 4.78 is 12.8. The van der Waals surface area contributed by atoms with E-state index in [0.29, 0.717) is 18.7 Å². The molecule has 0 aromatic heterocycles. The minimum Gasteiger partial charge on any atom is -0.354 e. The standard InChI is InChI=1S/C16H20FN3O3/c1-2-20-10-12(9-14(20)21)16(23)19-8-7-18-15(22)11-3-5-13(17)6-4-11/h3-6,12H,2,7-10H2,1H3,(H,18,22)(H,19,23)/t12-/m1/s1. The van der Waals surface area contributed by atoms with Gasteiger partial charge < -0.3 is 15.5 Å². The Morgan fingerprint density at radius 1 is 1.22 bits per heavy atom. The van der Waals surface area contributed by atoms with Crippen LogP contribution in [0, 0.1) is 11.7 Å². The zero-order valence-corrected chi connectivity index (χ0v) is 13.0. The van der Waals surface area contributed by atoms with Crippen molar-refractivity contribution in [2.45, 2.75) is 13.3 Å². The van der Waals surface area contributed by atoms with E-state index in [-0.39, 0.29) is 43.1 Å². The van der Waals surface area contributed by atoms with E-state index in [9.17, 15) is 18.8 Å². The van der Waals surface area contributed by atoms with Crippen LogP contribution >= 0.6 is 0 Å². The zero-order chi connectivity index (χ0) is 16.8. The van der Waals surface area contributed by atoms with Crippen molar-refractivity contribution in [3.63, 3.8) is 0 Å². The van der Waals surface area contributed by atoms with Crippen LogP contribution < -0.4 is 10.6 Å². The van der Waals surface area contributed by atoms with Crippen LogP contribution in [0.4, 0.5) is 4.39 Å². The third-order valence-corrected chi connectivity index (χ3v) is 3.78. The predicted molar refractivity (Wildman–Crippen MR) is 82.1 cm³/mol. The number of nitrogens with one attached hydrogen (secondary N) is 2. The van der Waals surface area contributed by atoms with E-state index in [1.165, 1.54) is 24.3 Å². The molecule has 0 unspecified atom stereocenters. The van der Waals surface area contributed by atoms with E-state index in [1.807, 2.05) is 6.92 Å². The monoisotopic (exact) mass is 321 g/mol. The van der Waals surface area contributed by atoms with Crippen LogP contribution in [0.5, 0.6) is 0 Å². The van der Waals surface area contributed by atoms with E-state index < -0.39 is 5.82 Å². The topological polar surface area (TPSA) is 78.5 Å². The van der Waals surface area contributed by atoms with Gasteiger partial charge in [0.2, 0.25) is 11.8 Å². The van der Waals surface area contributed by atoms with Crippen molar-refractivity contribution in [1.82, 2.24) is 15.5 Å². The molecule has 3 amide bonds. The molecule has 0 spiro atoms. The Kier molecular flexibility index (Phi) is 5.67. The highest BCUT2D eigenvalue weighted by Crippen LogP contribution is 2.17. The molecule has 0 radical (unpaired) electrons. The highest BCUT2D eigenvalue weighted by atomic mass is 19.1. The molecule has 0 bridgehead atoms. The van der Waals surface area contributed by atoms with Crippen LogP contribution in [0.3, 0.4) is 0 Å². The number of halogens is 1. The molecule has 2 rings (SSSR count). The minimum atomic E-state index is -0.402. The lowest BCUT2D eigenvalue weighted by Gasteiger charge is -2.13. The summed E-state index contributed by atoms with van der Waals surface area (Å²) in [4.78, 5) is 37.0. The first-order valence-corrected chi connectivity index (χ1v) is 7.60. The Hall–Kier alpha value is -2.44. The van der Waals surface area contributed by atoms with E-state index in [1.54, 1.807) is 4.90 Å². The van der Waals surface area contributed by atoms with Gasteiger partial charge in [-0.3, -0.25) is 14.4 Å². The molecule has 1 aliphatic rings. The fourth-order valence-electron chi connectivity index (χ4n) is 2.46. The number of rotatable bonds is 6. The number of likely N-dealkylation sites (tertiary alicyclic amines) is 1. The summed E-state index contributed by atoms with van der Waals surface area (Å²) in [7, 11) is 0. The average molecular weight is 321 g/mol. The summed E-state index contributed by atoms with van der Waals surface area (Å²) in [5.74, 6) is -1.23. The van der Waals surface area contributed by atoms with Gasteiger partial charge >= 0.3 is 0 Å². The second-order valence-electron chi connectivity index (χ2n) is 5.39. The van der Waals surface area contributed by atoms with Crippen LogP contribution in [0.15, 0.2) is 24.3 Å². The molecule has 1 heterocycles. The normalized spacial score (nSPS) is 17.2. The third-order valence-electron chi connectivity index (χ3n) is 3.78. The fourth-order valence-corrected chi connectivity index (χ4v) is 2.46. The molecule has 7 heteroatoms. The SMILES string of the molecule is CCN1C[C@H](C(=O)NCCNC(=O)c2ccc(F)cc2)CC1=O. The molecule has 1 aromatic carbocycles. The summed E-state index contributed by atoms with van der Waals surface area (Å²) in [6.45, 7) is 3.48. The van der Waals surface area contributed by atoms with Gasteiger partial charge in [-0.1, -0.05) is 0 Å². The molecule has 0 aliphatic carbocycles. The van der Waals surface area contributed by atoms with Crippen LogP contribution in [-0.4, -0.2) is 48.8 Å². The summed E-state index contributed by atoms with van der Waals surface area (Å²) >= 11 is 0. The molecule has 2 N–H and O–H groups in total. The zero-order valence-electron chi connectivity index (χ0n) is 13.0. The lowest BCUT2D eigenvalue weighted by molar-refractivity contribution is -0.128. The quantitative estimate of drug-likeness (QED) is 0.751. The first-order valence-electron chi connectivity index (χ1n) is 7.60. The number of hydrogen-bond acceptors (Lipinski definition) is 3. The van der Waals surface area contributed by atoms with E-state index in [2.05, 4.69) is 10.6 Å². The highest BCUT2D eigenvalue weighted by Gasteiger charge is 2.32. The maximum atomic E-state index is 12.8. The average Bonchev–Trinajstić information content (AvgIpc) is 2.93. The minimum absolute atomic E-state index is 0.00253. The fraction of sp³-hybridized carbons (Fsp3) is 0.438. The van der Waals surface area contributed by atoms with E-state index in [4.69, 9.17) is 0 Å². The molecule has 6 nitrogen and oxygen atoms in total. The summed E-state index contributed by atoms with van der Waals surface area (Å²) in [6.07, 6.45) is 0.238. The Bertz CT molecular complexity index is 589. The highest BCUT2D eigenvalue weighted by molar-refractivity contribution is 5.94. The first-order chi connectivity index (χ1) is 11.0. The van der Waals surface area contributed by atoms with Gasteiger partial charge in [0.05, 0.1) is 5.92 Å². The van der Waals surface area contributed by atoms with Gasteiger partial charge in [0.1, 0.15) is 5.82 Å². The molecule has 23 heavy (non-hydrogen) atoms. The van der Waals surface area contributed by atoms with E-state index >= 15 is 0 Å². The van der Waals surface area contributed by atoms with Gasteiger partial charge in [-0.2, -0.15) is 0 Å². The van der Waals surface area contributed by atoms with Crippen molar-refractivity contribution in [2.75, 3.05) is 26.2 Å². The van der Waals surface area contributed by atoms with Gasteiger partial charge in [0, 0.05) is 38.2 Å². The Labute approximate surface area is 134 Å². The molecule has 1 atom stereocenters. The van der Waals surface area contributed by atoms with Crippen molar-refractivity contribution in [2.24, 2.45) is 5.92 Å². The molecular formula is C16H20FN3O3. The predicted octanol–water partition coefficient (Wildman–Crippen LogP) is 0.540. The van der Waals surface area contributed by atoms with Crippen molar-refractivity contribution in [1.29, 1.82) is 0 Å². The van der Waals surface area contributed by atoms with Crippen LogP contribution in [0.2, 0.25) is 0 Å². The summed E-state index contributed by atoms with van der Waals surface area (Å²) in [5.41, 5.74) is 0.359. The van der Waals surface area contributed by atoms with Crippen molar-refractivity contribution < 1.29 is 18.8 Å². The Balaban J connectivity index is 1.69.